The van der Waals surface area contributed by atoms with Crippen molar-refractivity contribution in [3.8, 4) is 0 Å². The number of aliphatic carboxylic acids is 1. The summed E-state index contributed by atoms with van der Waals surface area (Å²) in [5.74, 6) is -1.02. The lowest BCUT2D eigenvalue weighted by molar-refractivity contribution is -0.137. The van der Waals surface area contributed by atoms with Gasteiger partial charge in [-0.3, -0.25) is 14.6 Å². The van der Waals surface area contributed by atoms with Gasteiger partial charge in [0.15, 0.2) is 0 Å². The lowest BCUT2D eigenvalue weighted by Crippen LogP contribution is -2.40. The third-order valence-electron chi connectivity index (χ3n) is 4.77. The maximum atomic E-state index is 13.3. The Balaban J connectivity index is 1.80. The van der Waals surface area contributed by atoms with Gasteiger partial charge in [-0.2, -0.15) is 0 Å². The fourth-order valence-electron chi connectivity index (χ4n) is 3.44. The van der Waals surface area contributed by atoms with Crippen LogP contribution in [0.25, 0.3) is 10.9 Å². The number of piperidine rings is 1. The summed E-state index contributed by atoms with van der Waals surface area (Å²) in [5.41, 5.74) is 1.64. The minimum absolute atomic E-state index is 0.0868. The number of carboxylic acid groups (broad SMARTS) is 1. The first-order valence-electron chi connectivity index (χ1n) is 8.52. The number of hydrogen-bond acceptors (Lipinski definition) is 3. The van der Waals surface area contributed by atoms with Crippen LogP contribution in [-0.2, 0) is 4.79 Å². The number of carbonyl (C=O) groups excluding carboxylic acids is 1. The van der Waals surface area contributed by atoms with Crippen LogP contribution in [0.4, 0.5) is 4.39 Å². The average molecular weight is 344 g/mol. The van der Waals surface area contributed by atoms with Gasteiger partial charge >= 0.3 is 5.97 Å². The van der Waals surface area contributed by atoms with E-state index < -0.39 is 5.97 Å². The number of benzene rings is 1. The van der Waals surface area contributed by atoms with Gasteiger partial charge < -0.3 is 10.0 Å². The molecule has 1 aromatic carbocycles. The van der Waals surface area contributed by atoms with E-state index in [2.05, 4.69) is 4.98 Å². The van der Waals surface area contributed by atoms with Crippen LogP contribution in [0.3, 0.4) is 0 Å². The smallest absolute Gasteiger partial charge is 0.303 e. The van der Waals surface area contributed by atoms with Gasteiger partial charge in [0, 0.05) is 31.0 Å². The van der Waals surface area contributed by atoms with E-state index in [0.717, 1.165) is 18.2 Å². The second kappa shape index (κ2) is 7.17. The number of aromatic nitrogens is 1. The molecule has 6 heteroatoms. The second-order valence-corrected chi connectivity index (χ2v) is 6.65. The molecule has 5 nitrogen and oxygen atoms in total. The summed E-state index contributed by atoms with van der Waals surface area (Å²) < 4.78 is 13.3. The molecule has 0 spiro atoms. The van der Waals surface area contributed by atoms with E-state index >= 15 is 0 Å². The Kier molecular flexibility index (Phi) is 4.97. The van der Waals surface area contributed by atoms with E-state index in [0.29, 0.717) is 36.3 Å². The van der Waals surface area contributed by atoms with E-state index in [-0.39, 0.29) is 24.1 Å². The number of pyridine rings is 1. The highest BCUT2D eigenvalue weighted by Crippen LogP contribution is 2.24. The first kappa shape index (κ1) is 17.3. The number of hydrogen-bond donors (Lipinski definition) is 1. The summed E-state index contributed by atoms with van der Waals surface area (Å²) in [6, 6.07) is 6.11. The van der Waals surface area contributed by atoms with Crippen molar-refractivity contribution >= 4 is 22.8 Å². The van der Waals surface area contributed by atoms with Crippen LogP contribution >= 0.6 is 0 Å². The first-order valence-corrected chi connectivity index (χ1v) is 8.52. The van der Waals surface area contributed by atoms with Crippen LogP contribution in [-0.4, -0.2) is 40.0 Å². The molecular formula is C19H21FN2O3. The molecule has 0 aliphatic carbocycles. The summed E-state index contributed by atoms with van der Waals surface area (Å²) in [6.07, 6.45) is 2.55. The molecule has 1 unspecified atom stereocenters. The number of likely N-dealkylation sites (tertiary alicyclic amines) is 1. The van der Waals surface area contributed by atoms with Gasteiger partial charge in [0.25, 0.3) is 5.91 Å². The topological polar surface area (TPSA) is 70.5 Å². The van der Waals surface area contributed by atoms with Crippen LogP contribution in [0.15, 0.2) is 24.3 Å². The Morgan fingerprint density at radius 2 is 2.16 bits per heavy atom. The van der Waals surface area contributed by atoms with E-state index in [9.17, 15) is 14.0 Å². The monoisotopic (exact) mass is 344 g/mol. The molecule has 1 aliphatic heterocycles. The number of halogens is 1. The molecule has 2 heterocycles. The highest BCUT2D eigenvalue weighted by atomic mass is 19.1. The SMILES string of the molecule is Cc1nc2cc(F)ccc2cc1C(=O)N1CCCC(CCC(=O)O)C1. The Morgan fingerprint density at radius 1 is 1.36 bits per heavy atom. The maximum Gasteiger partial charge on any atom is 0.303 e. The van der Waals surface area contributed by atoms with Crippen molar-refractivity contribution in [2.24, 2.45) is 5.92 Å². The average Bonchev–Trinajstić information content (AvgIpc) is 2.59. The quantitative estimate of drug-likeness (QED) is 0.923. The molecule has 1 aliphatic rings. The van der Waals surface area contributed by atoms with Crippen molar-refractivity contribution in [3.05, 3.63) is 41.3 Å². The molecule has 0 radical (unpaired) electrons. The molecule has 1 saturated heterocycles. The Hall–Kier alpha value is -2.50. The van der Waals surface area contributed by atoms with Gasteiger partial charge in [-0.25, -0.2) is 4.39 Å². The summed E-state index contributed by atoms with van der Waals surface area (Å²) in [4.78, 5) is 29.8. The molecule has 1 aromatic heterocycles. The third-order valence-corrected chi connectivity index (χ3v) is 4.77. The van der Waals surface area contributed by atoms with Gasteiger partial charge in [0.05, 0.1) is 16.8 Å². The minimum atomic E-state index is -0.801. The maximum absolute atomic E-state index is 13.3. The standard InChI is InChI=1S/C19H21FN2O3/c1-12-16(9-14-5-6-15(20)10-17(14)21-12)19(25)22-8-2-3-13(11-22)4-7-18(23)24/h5-6,9-10,13H,2-4,7-8,11H2,1H3,(H,23,24). The summed E-state index contributed by atoms with van der Waals surface area (Å²) in [7, 11) is 0. The largest absolute Gasteiger partial charge is 0.481 e. The van der Waals surface area contributed by atoms with Gasteiger partial charge in [-0.1, -0.05) is 0 Å². The molecule has 1 amide bonds. The lowest BCUT2D eigenvalue weighted by atomic mass is 9.93. The highest BCUT2D eigenvalue weighted by Gasteiger charge is 2.26. The van der Waals surface area contributed by atoms with Gasteiger partial charge in [0.1, 0.15) is 5.82 Å². The van der Waals surface area contributed by atoms with E-state index in [1.54, 1.807) is 24.0 Å². The van der Waals surface area contributed by atoms with Crippen LogP contribution < -0.4 is 0 Å². The predicted octanol–water partition coefficient (Wildman–Crippen LogP) is 3.40. The lowest BCUT2D eigenvalue weighted by Gasteiger charge is -2.33. The Labute approximate surface area is 145 Å². The van der Waals surface area contributed by atoms with Crippen molar-refractivity contribution in [2.75, 3.05) is 13.1 Å². The fourth-order valence-corrected chi connectivity index (χ4v) is 3.44. The van der Waals surface area contributed by atoms with Gasteiger partial charge in [-0.15, -0.1) is 0 Å². The molecule has 1 atom stereocenters. The summed E-state index contributed by atoms with van der Waals surface area (Å²) in [5, 5.41) is 9.57. The predicted molar refractivity (Wildman–Crippen MR) is 91.9 cm³/mol. The Morgan fingerprint density at radius 3 is 2.92 bits per heavy atom. The van der Waals surface area contributed by atoms with Crippen molar-refractivity contribution in [2.45, 2.75) is 32.6 Å². The number of carbonyl (C=O) groups is 2. The van der Waals surface area contributed by atoms with Crippen LogP contribution in [0, 0.1) is 18.7 Å². The molecule has 0 bridgehead atoms. The van der Waals surface area contributed by atoms with Crippen molar-refractivity contribution in [1.82, 2.24) is 9.88 Å². The van der Waals surface area contributed by atoms with Gasteiger partial charge in [-0.05, 0) is 50.3 Å². The molecule has 25 heavy (non-hydrogen) atoms. The molecule has 3 rings (SSSR count). The molecule has 0 saturated carbocycles. The number of aryl methyl sites for hydroxylation is 1. The Bertz CT molecular complexity index is 822. The summed E-state index contributed by atoms with van der Waals surface area (Å²) in [6.45, 7) is 3.00. The van der Waals surface area contributed by atoms with Crippen molar-refractivity contribution < 1.29 is 19.1 Å². The third kappa shape index (κ3) is 3.95. The van der Waals surface area contributed by atoms with Gasteiger partial charge in [0.2, 0.25) is 0 Å². The fraction of sp³-hybridized carbons (Fsp3) is 0.421. The van der Waals surface area contributed by atoms with Crippen LogP contribution in [0.1, 0.15) is 41.7 Å². The second-order valence-electron chi connectivity index (χ2n) is 6.65. The molecular weight excluding hydrogens is 323 g/mol. The van der Waals surface area contributed by atoms with E-state index in [1.807, 2.05) is 0 Å². The first-order chi connectivity index (χ1) is 11.9. The normalized spacial score (nSPS) is 17.7. The van der Waals surface area contributed by atoms with E-state index in [4.69, 9.17) is 5.11 Å². The minimum Gasteiger partial charge on any atom is -0.481 e. The van der Waals surface area contributed by atoms with E-state index in [1.165, 1.54) is 12.1 Å². The zero-order valence-corrected chi connectivity index (χ0v) is 14.2. The highest BCUT2D eigenvalue weighted by molar-refractivity contribution is 5.98. The number of carboxylic acids is 1. The molecule has 132 valence electrons. The molecule has 1 N–H and O–H groups in total. The zero-order chi connectivity index (χ0) is 18.0. The number of rotatable bonds is 4. The number of nitrogens with zero attached hydrogens (tertiary/aromatic N) is 2. The number of fused-ring (bicyclic) bond motifs is 1. The van der Waals surface area contributed by atoms with Crippen molar-refractivity contribution in [1.29, 1.82) is 0 Å². The number of amides is 1. The summed E-state index contributed by atoms with van der Waals surface area (Å²) >= 11 is 0. The molecule has 1 fully saturated rings. The molecule has 2 aromatic rings. The van der Waals surface area contributed by atoms with Crippen LogP contribution in [0.2, 0.25) is 0 Å². The van der Waals surface area contributed by atoms with Crippen molar-refractivity contribution in [3.63, 3.8) is 0 Å². The van der Waals surface area contributed by atoms with Crippen LogP contribution in [0.5, 0.6) is 0 Å². The zero-order valence-electron chi connectivity index (χ0n) is 14.2.